The topological polar surface area (TPSA) is 61.8 Å². The average Bonchev–Trinajstić information content (AvgIpc) is 3.17. The van der Waals surface area contributed by atoms with Gasteiger partial charge in [0.1, 0.15) is 17.0 Å². The number of hydrogen-bond donors (Lipinski definition) is 0. The normalized spacial score (nSPS) is 11.4. The van der Waals surface area contributed by atoms with E-state index in [1.54, 1.807) is 31.0 Å². The number of aromatic nitrogens is 3. The largest absolute Gasteiger partial charge is 0.495 e. The lowest BCUT2D eigenvalue weighted by Crippen LogP contribution is -1.84. The molecule has 1 aromatic carbocycles. The number of imidazole rings is 1. The Kier molecular flexibility index (Phi) is 2.98. The van der Waals surface area contributed by atoms with E-state index >= 15 is 0 Å². The minimum absolute atomic E-state index is 0.541. The smallest absolute Gasteiger partial charge is 0.294 e. The minimum atomic E-state index is 0.541. The highest BCUT2D eigenvalue weighted by Gasteiger charge is 2.15. The molecule has 3 aromatic heterocycles. The Balaban J connectivity index is 1.82. The molecule has 0 N–H and O–H groups in total. The fourth-order valence-electron chi connectivity index (χ4n) is 2.21. The second-order valence-electron chi connectivity index (χ2n) is 4.56. The van der Waals surface area contributed by atoms with Crippen LogP contribution in [0.1, 0.15) is 0 Å². The quantitative estimate of drug-likeness (QED) is 0.568. The molecule has 0 amide bonds. The van der Waals surface area contributed by atoms with E-state index in [4.69, 9.17) is 25.5 Å². The SMILES string of the molecule is COc1nn2cc(-c3cc4cc(Cl)c(OC)cc4o3)nc2s1. The minimum Gasteiger partial charge on any atom is -0.495 e. The summed E-state index contributed by atoms with van der Waals surface area (Å²) in [5, 5.41) is 6.24. The number of ether oxygens (including phenoxy) is 2. The van der Waals surface area contributed by atoms with Gasteiger partial charge in [0.05, 0.1) is 25.4 Å². The molecule has 0 radical (unpaired) electrons. The van der Waals surface area contributed by atoms with Gasteiger partial charge in [-0.3, -0.25) is 0 Å². The summed E-state index contributed by atoms with van der Waals surface area (Å²) in [6, 6.07) is 5.47. The van der Waals surface area contributed by atoms with Crippen molar-refractivity contribution >= 4 is 38.9 Å². The summed E-state index contributed by atoms with van der Waals surface area (Å²) in [5.41, 5.74) is 1.39. The predicted molar refractivity (Wildman–Crippen MR) is 84.2 cm³/mol. The molecule has 0 bridgehead atoms. The number of fused-ring (bicyclic) bond motifs is 2. The molecule has 6 nitrogen and oxygen atoms in total. The maximum atomic E-state index is 6.13. The fraction of sp³-hybridized carbons (Fsp3) is 0.143. The van der Waals surface area contributed by atoms with Gasteiger partial charge >= 0.3 is 0 Å². The number of methoxy groups -OCH3 is 2. The van der Waals surface area contributed by atoms with Crippen molar-refractivity contribution in [1.82, 2.24) is 14.6 Å². The molecular weight excluding hydrogens is 326 g/mol. The molecule has 0 aliphatic carbocycles. The van der Waals surface area contributed by atoms with Crippen molar-refractivity contribution in [3.8, 4) is 22.4 Å². The summed E-state index contributed by atoms with van der Waals surface area (Å²) in [4.78, 5) is 5.23. The van der Waals surface area contributed by atoms with Crippen LogP contribution in [-0.2, 0) is 0 Å². The molecule has 0 unspecified atom stereocenters. The Bertz CT molecular complexity index is 957. The Labute approximate surface area is 133 Å². The molecule has 4 rings (SSSR count). The van der Waals surface area contributed by atoms with Crippen LogP contribution in [0.15, 0.2) is 28.8 Å². The van der Waals surface area contributed by atoms with E-state index in [0.717, 1.165) is 10.3 Å². The molecule has 0 aliphatic heterocycles. The van der Waals surface area contributed by atoms with E-state index in [1.165, 1.54) is 11.3 Å². The van der Waals surface area contributed by atoms with Crippen LogP contribution in [0.5, 0.6) is 10.9 Å². The first-order chi connectivity index (χ1) is 10.7. The van der Waals surface area contributed by atoms with E-state index in [1.807, 2.05) is 12.1 Å². The molecule has 22 heavy (non-hydrogen) atoms. The van der Waals surface area contributed by atoms with Crippen molar-refractivity contribution < 1.29 is 13.9 Å². The summed E-state index contributed by atoms with van der Waals surface area (Å²) < 4.78 is 17.8. The highest BCUT2D eigenvalue weighted by molar-refractivity contribution is 7.18. The highest BCUT2D eigenvalue weighted by atomic mass is 35.5. The zero-order chi connectivity index (χ0) is 15.3. The Morgan fingerprint density at radius 3 is 2.82 bits per heavy atom. The van der Waals surface area contributed by atoms with Crippen LogP contribution in [0, 0.1) is 0 Å². The standard InChI is InChI=1S/C14H10ClN3O3S/c1-19-11-5-10-7(3-8(11)15)4-12(21-10)9-6-18-13(16-9)22-14(17-18)20-2/h3-6H,1-2H3. The van der Waals surface area contributed by atoms with E-state index in [0.29, 0.717) is 33.0 Å². The zero-order valence-electron chi connectivity index (χ0n) is 11.7. The van der Waals surface area contributed by atoms with Crippen LogP contribution in [0.2, 0.25) is 5.02 Å². The van der Waals surface area contributed by atoms with E-state index in [9.17, 15) is 0 Å². The van der Waals surface area contributed by atoms with Gasteiger partial charge in [-0.2, -0.15) is 0 Å². The lowest BCUT2D eigenvalue weighted by molar-refractivity contribution is 0.405. The molecule has 3 heterocycles. The van der Waals surface area contributed by atoms with Crippen LogP contribution in [0.25, 0.3) is 27.4 Å². The Morgan fingerprint density at radius 1 is 1.23 bits per heavy atom. The first kappa shape index (κ1) is 13.4. The monoisotopic (exact) mass is 335 g/mol. The molecule has 0 aliphatic rings. The summed E-state index contributed by atoms with van der Waals surface area (Å²) >= 11 is 7.49. The third-order valence-corrected chi connectivity index (χ3v) is 4.42. The summed E-state index contributed by atoms with van der Waals surface area (Å²) in [6.45, 7) is 0. The van der Waals surface area contributed by atoms with Gasteiger partial charge in [0.25, 0.3) is 5.19 Å². The number of furan rings is 1. The highest BCUT2D eigenvalue weighted by Crippen LogP contribution is 2.35. The maximum absolute atomic E-state index is 6.13. The maximum Gasteiger partial charge on any atom is 0.294 e. The van der Waals surface area contributed by atoms with Gasteiger partial charge in [-0.15, -0.1) is 5.10 Å². The fourth-order valence-corrected chi connectivity index (χ4v) is 3.15. The molecule has 4 aromatic rings. The van der Waals surface area contributed by atoms with E-state index < -0.39 is 0 Å². The lowest BCUT2D eigenvalue weighted by atomic mass is 10.2. The lowest BCUT2D eigenvalue weighted by Gasteiger charge is -2.00. The van der Waals surface area contributed by atoms with Crippen LogP contribution in [0.3, 0.4) is 0 Å². The van der Waals surface area contributed by atoms with Gasteiger partial charge in [0.15, 0.2) is 5.76 Å². The van der Waals surface area contributed by atoms with Gasteiger partial charge in [-0.1, -0.05) is 11.6 Å². The van der Waals surface area contributed by atoms with E-state index in [-0.39, 0.29) is 0 Å². The molecular formula is C14H10ClN3O3S. The third-order valence-electron chi connectivity index (χ3n) is 3.24. The van der Waals surface area contributed by atoms with Crippen molar-refractivity contribution in [2.24, 2.45) is 0 Å². The van der Waals surface area contributed by atoms with Gasteiger partial charge in [0, 0.05) is 11.5 Å². The second-order valence-corrected chi connectivity index (χ2v) is 5.89. The summed E-state index contributed by atoms with van der Waals surface area (Å²) in [5.74, 6) is 1.23. The van der Waals surface area contributed by atoms with Gasteiger partial charge < -0.3 is 13.9 Å². The Hall–Kier alpha value is -2.25. The van der Waals surface area contributed by atoms with Gasteiger partial charge in [-0.25, -0.2) is 9.50 Å². The predicted octanol–water partition coefficient (Wildman–Crippen LogP) is 3.87. The number of hydrogen-bond acceptors (Lipinski definition) is 6. The average molecular weight is 336 g/mol. The van der Waals surface area contributed by atoms with Crippen LogP contribution in [-0.4, -0.2) is 28.8 Å². The molecule has 0 saturated heterocycles. The molecule has 112 valence electrons. The molecule has 0 atom stereocenters. The molecule has 0 saturated carbocycles. The zero-order valence-corrected chi connectivity index (χ0v) is 13.2. The van der Waals surface area contributed by atoms with Crippen molar-refractivity contribution in [1.29, 1.82) is 0 Å². The molecule has 0 spiro atoms. The van der Waals surface area contributed by atoms with Crippen molar-refractivity contribution in [2.75, 3.05) is 14.2 Å². The van der Waals surface area contributed by atoms with E-state index in [2.05, 4.69) is 10.1 Å². The molecule has 0 fully saturated rings. The number of benzene rings is 1. The van der Waals surface area contributed by atoms with Crippen LogP contribution in [0.4, 0.5) is 0 Å². The van der Waals surface area contributed by atoms with Crippen molar-refractivity contribution in [2.45, 2.75) is 0 Å². The van der Waals surface area contributed by atoms with Crippen molar-refractivity contribution in [3.05, 3.63) is 29.4 Å². The Morgan fingerprint density at radius 2 is 2.09 bits per heavy atom. The number of nitrogens with zero attached hydrogens (tertiary/aromatic N) is 3. The van der Waals surface area contributed by atoms with Gasteiger partial charge in [-0.05, 0) is 23.5 Å². The number of rotatable bonds is 3. The third kappa shape index (κ3) is 2.01. The first-order valence-electron chi connectivity index (χ1n) is 6.35. The van der Waals surface area contributed by atoms with Crippen LogP contribution < -0.4 is 9.47 Å². The van der Waals surface area contributed by atoms with Crippen LogP contribution >= 0.6 is 22.9 Å². The summed E-state index contributed by atoms with van der Waals surface area (Å²) in [7, 11) is 3.15. The van der Waals surface area contributed by atoms with Crippen molar-refractivity contribution in [3.63, 3.8) is 0 Å². The first-order valence-corrected chi connectivity index (χ1v) is 7.55. The number of halogens is 1. The van der Waals surface area contributed by atoms with Gasteiger partial charge in [0.2, 0.25) is 4.96 Å². The second kappa shape index (κ2) is 4.89. The summed E-state index contributed by atoms with van der Waals surface area (Å²) in [6.07, 6.45) is 1.80. The molecule has 8 heteroatoms.